The minimum absolute atomic E-state index is 0.0165. The third-order valence-corrected chi connectivity index (χ3v) is 7.99. The lowest BCUT2D eigenvalue weighted by Gasteiger charge is -2.32. The maximum absolute atomic E-state index is 13.5. The molecule has 3 aromatic rings. The van der Waals surface area contributed by atoms with E-state index in [2.05, 4.69) is 15.3 Å². The highest BCUT2D eigenvalue weighted by atomic mass is 32.2. The van der Waals surface area contributed by atoms with Gasteiger partial charge in [0.25, 0.3) is 0 Å². The Balaban J connectivity index is 1.69. The number of nitrogens with two attached hydrogens (primary N) is 1. The first kappa shape index (κ1) is 22.9. The molecule has 1 aromatic heterocycles. The van der Waals surface area contributed by atoms with Crippen molar-refractivity contribution in [2.75, 3.05) is 12.3 Å². The van der Waals surface area contributed by atoms with Gasteiger partial charge in [-0.3, -0.25) is 9.89 Å². The Morgan fingerprint density at radius 3 is 2.39 bits per heavy atom. The Bertz CT molecular complexity index is 1290. The molecule has 3 N–H and O–H groups in total. The lowest BCUT2D eigenvalue weighted by molar-refractivity contribution is 0.261. The van der Waals surface area contributed by atoms with E-state index in [4.69, 9.17) is 5.73 Å². The van der Waals surface area contributed by atoms with Crippen molar-refractivity contribution in [3.63, 3.8) is 0 Å². The normalized spacial score (nSPS) is 15.5. The topological polar surface area (TPSA) is 126 Å². The monoisotopic (exact) mass is 468 g/mol. The molecule has 0 radical (unpaired) electrons. The van der Waals surface area contributed by atoms with E-state index in [1.807, 2.05) is 13.0 Å². The van der Waals surface area contributed by atoms with Gasteiger partial charge in [0.15, 0.2) is 5.69 Å². The summed E-state index contributed by atoms with van der Waals surface area (Å²) < 4.78 is 29.9. The number of nitrogen functional groups attached to an aromatic ring is 1. The molecule has 9 nitrogen and oxygen atoms in total. The molecule has 0 aliphatic heterocycles. The van der Waals surface area contributed by atoms with Crippen LogP contribution in [-0.2, 0) is 10.0 Å². The minimum atomic E-state index is -3.79. The quantitative estimate of drug-likeness (QED) is 0.495. The van der Waals surface area contributed by atoms with Crippen molar-refractivity contribution < 1.29 is 8.42 Å². The molecule has 1 aliphatic rings. The lowest BCUT2D eigenvalue weighted by atomic mass is 9.95. The first-order valence-corrected chi connectivity index (χ1v) is 12.6. The van der Waals surface area contributed by atoms with Crippen LogP contribution in [0.15, 0.2) is 74.5 Å². The van der Waals surface area contributed by atoms with Crippen LogP contribution in [0.5, 0.6) is 0 Å². The number of hydrogen-bond acceptors (Lipinski definition) is 6. The standard InChI is InChI=1S/C23H28N6O3S/c1-2-28(17-11-5-3-6-12-17)33(31,32)20-16-10-9-15-19(20)25-26-21-22(24)27-29(23(21)30)18-13-7-4-8-14-18/h4,7-10,13-17,27H,2-3,5-6,11-12,24H2,1H3. The third kappa shape index (κ3) is 4.62. The molecule has 1 saturated carbocycles. The van der Waals surface area contributed by atoms with Gasteiger partial charge >= 0.3 is 5.56 Å². The van der Waals surface area contributed by atoms with Crippen molar-refractivity contribution in [2.24, 2.45) is 10.2 Å². The van der Waals surface area contributed by atoms with Crippen molar-refractivity contribution >= 4 is 27.2 Å². The minimum Gasteiger partial charge on any atom is -0.382 e. The number of nitrogens with zero attached hydrogens (tertiary/aromatic N) is 4. The van der Waals surface area contributed by atoms with Gasteiger partial charge in [0.05, 0.1) is 5.69 Å². The molecule has 0 saturated heterocycles. The van der Waals surface area contributed by atoms with Gasteiger partial charge in [-0.2, -0.15) is 4.31 Å². The van der Waals surface area contributed by atoms with E-state index in [9.17, 15) is 13.2 Å². The summed E-state index contributed by atoms with van der Waals surface area (Å²) in [6.45, 7) is 2.23. The summed E-state index contributed by atoms with van der Waals surface area (Å²) in [4.78, 5) is 12.9. The third-order valence-electron chi connectivity index (χ3n) is 5.91. The zero-order valence-corrected chi connectivity index (χ0v) is 19.3. The highest BCUT2D eigenvalue weighted by Crippen LogP contribution is 2.33. The van der Waals surface area contributed by atoms with Crippen LogP contribution in [0.3, 0.4) is 0 Å². The van der Waals surface area contributed by atoms with Gasteiger partial charge < -0.3 is 5.73 Å². The van der Waals surface area contributed by atoms with Crippen molar-refractivity contribution in [1.82, 2.24) is 14.1 Å². The smallest absolute Gasteiger partial charge is 0.301 e. The Morgan fingerprint density at radius 2 is 1.70 bits per heavy atom. The fraction of sp³-hybridized carbons (Fsp3) is 0.348. The summed E-state index contributed by atoms with van der Waals surface area (Å²) in [6.07, 6.45) is 4.90. The van der Waals surface area contributed by atoms with Crippen LogP contribution >= 0.6 is 0 Å². The zero-order chi connectivity index (χ0) is 23.4. The van der Waals surface area contributed by atoms with Crippen LogP contribution in [0, 0.1) is 0 Å². The van der Waals surface area contributed by atoms with Crippen LogP contribution in [0.4, 0.5) is 17.2 Å². The summed E-state index contributed by atoms with van der Waals surface area (Å²) in [6, 6.07) is 15.4. The number of para-hydroxylation sites is 1. The van der Waals surface area contributed by atoms with Crippen LogP contribution < -0.4 is 11.3 Å². The molecule has 0 atom stereocenters. The molecule has 10 heteroatoms. The Kier molecular flexibility index (Phi) is 6.75. The second-order valence-corrected chi connectivity index (χ2v) is 9.88. The van der Waals surface area contributed by atoms with Gasteiger partial charge in [-0.1, -0.05) is 56.5 Å². The van der Waals surface area contributed by atoms with Gasteiger partial charge in [-0.25, -0.2) is 13.1 Å². The van der Waals surface area contributed by atoms with Gasteiger partial charge in [0, 0.05) is 12.6 Å². The molecule has 1 fully saturated rings. The molecular formula is C23H28N6O3S. The first-order valence-electron chi connectivity index (χ1n) is 11.1. The van der Waals surface area contributed by atoms with Crippen LogP contribution in [0.1, 0.15) is 39.0 Å². The average Bonchev–Trinajstić information content (AvgIpc) is 3.12. The molecule has 2 aromatic carbocycles. The number of nitrogens with one attached hydrogen (secondary N) is 1. The van der Waals surface area contributed by atoms with E-state index in [-0.39, 0.29) is 28.1 Å². The predicted molar refractivity (Wildman–Crippen MR) is 128 cm³/mol. The van der Waals surface area contributed by atoms with Crippen LogP contribution in [0.2, 0.25) is 0 Å². The number of rotatable bonds is 7. The van der Waals surface area contributed by atoms with Crippen molar-refractivity contribution in [1.29, 1.82) is 0 Å². The molecule has 174 valence electrons. The van der Waals surface area contributed by atoms with E-state index < -0.39 is 15.6 Å². The fourth-order valence-electron chi connectivity index (χ4n) is 4.28. The second-order valence-electron chi connectivity index (χ2n) is 8.02. The Labute approximate surface area is 193 Å². The second kappa shape index (κ2) is 9.72. The summed E-state index contributed by atoms with van der Waals surface area (Å²) >= 11 is 0. The van der Waals surface area contributed by atoms with E-state index >= 15 is 0 Å². The Morgan fingerprint density at radius 1 is 1.03 bits per heavy atom. The highest BCUT2D eigenvalue weighted by molar-refractivity contribution is 7.89. The number of aromatic amines is 1. The van der Waals surface area contributed by atoms with Crippen LogP contribution in [0.25, 0.3) is 5.69 Å². The zero-order valence-electron chi connectivity index (χ0n) is 18.5. The van der Waals surface area contributed by atoms with E-state index in [1.54, 1.807) is 46.8 Å². The number of sulfonamides is 1. The molecule has 0 unspecified atom stereocenters. The van der Waals surface area contributed by atoms with Gasteiger partial charge in [-0.15, -0.1) is 10.2 Å². The molecule has 0 amide bonds. The molecule has 1 heterocycles. The average molecular weight is 469 g/mol. The number of aromatic nitrogens is 2. The Hall–Kier alpha value is -3.24. The molecule has 4 rings (SSSR count). The summed E-state index contributed by atoms with van der Waals surface area (Å²) in [5.74, 6) is 0.0466. The summed E-state index contributed by atoms with van der Waals surface area (Å²) in [5, 5.41) is 11.0. The molecule has 33 heavy (non-hydrogen) atoms. The lowest BCUT2D eigenvalue weighted by Crippen LogP contribution is -2.41. The van der Waals surface area contributed by atoms with Gasteiger partial charge in [0.1, 0.15) is 16.4 Å². The van der Waals surface area contributed by atoms with E-state index in [1.165, 1.54) is 10.7 Å². The summed E-state index contributed by atoms with van der Waals surface area (Å²) in [5.41, 5.74) is 6.19. The maximum Gasteiger partial charge on any atom is 0.301 e. The number of hydrogen-bond donors (Lipinski definition) is 2. The van der Waals surface area contributed by atoms with Gasteiger partial charge in [-0.05, 0) is 37.1 Å². The van der Waals surface area contributed by atoms with E-state index in [0.29, 0.717) is 12.2 Å². The van der Waals surface area contributed by atoms with E-state index in [0.717, 1.165) is 32.1 Å². The number of azo groups is 1. The first-order chi connectivity index (χ1) is 15.9. The number of benzene rings is 2. The van der Waals surface area contributed by atoms with Crippen LogP contribution in [-0.4, -0.2) is 35.1 Å². The molecule has 0 bridgehead atoms. The largest absolute Gasteiger partial charge is 0.382 e. The number of H-pyrrole nitrogens is 1. The molecular weight excluding hydrogens is 440 g/mol. The predicted octanol–water partition coefficient (Wildman–Crippen LogP) is 4.51. The van der Waals surface area contributed by atoms with Crippen molar-refractivity contribution in [3.8, 4) is 5.69 Å². The molecule has 0 spiro atoms. The number of anilines is 1. The maximum atomic E-state index is 13.5. The van der Waals surface area contributed by atoms with Crippen molar-refractivity contribution in [3.05, 3.63) is 65.0 Å². The summed E-state index contributed by atoms with van der Waals surface area (Å²) in [7, 11) is -3.79. The SMILES string of the molecule is CCN(C1CCCCC1)S(=O)(=O)c1ccccc1N=Nc1c(N)[nH]n(-c2ccccc2)c1=O. The highest BCUT2D eigenvalue weighted by Gasteiger charge is 2.32. The fourth-order valence-corrected chi connectivity index (χ4v) is 6.10. The molecule has 1 aliphatic carbocycles. The van der Waals surface area contributed by atoms with Crippen molar-refractivity contribution in [2.45, 2.75) is 50.0 Å². The van der Waals surface area contributed by atoms with Gasteiger partial charge in [0.2, 0.25) is 10.0 Å².